The van der Waals surface area contributed by atoms with Gasteiger partial charge in [0.2, 0.25) is 0 Å². The largest absolute Gasteiger partial charge is 0.491 e. The molecule has 2 heterocycles. The number of anilines is 1. The number of fused-ring (bicyclic) bond motifs is 2. The normalized spacial score (nSPS) is 25.9. The highest BCUT2D eigenvalue weighted by molar-refractivity contribution is 6.37. The van der Waals surface area contributed by atoms with Crippen molar-refractivity contribution in [2.45, 2.75) is 24.4 Å². The van der Waals surface area contributed by atoms with E-state index >= 15 is 0 Å². The molecular weight excluding hydrogens is 417 g/mol. The lowest BCUT2D eigenvalue weighted by Crippen LogP contribution is -2.54. The predicted octanol–water partition coefficient (Wildman–Crippen LogP) is 3.91. The molecule has 29 heavy (non-hydrogen) atoms. The van der Waals surface area contributed by atoms with Crippen molar-refractivity contribution in [3.63, 3.8) is 0 Å². The SMILES string of the molecule is CCOc1c(Cl)cc([C@@H]2CN(C)[C@]3(C(=O)Nc4ccccc43)[C@@H]2[N+](=O)[O-])cc1Cl. The second-order valence-corrected chi connectivity index (χ2v) is 8.04. The highest BCUT2D eigenvalue weighted by Crippen LogP contribution is 2.52. The number of carbonyl (C=O) groups is 1. The quantitative estimate of drug-likeness (QED) is 0.580. The Bertz CT molecular complexity index is 992. The molecule has 9 heteroatoms. The number of amides is 1. The van der Waals surface area contributed by atoms with E-state index in [1.54, 1.807) is 48.3 Å². The van der Waals surface area contributed by atoms with Gasteiger partial charge in [0.15, 0.2) is 11.3 Å². The van der Waals surface area contributed by atoms with E-state index in [1.165, 1.54) is 0 Å². The molecular formula is C20H19Cl2N3O4. The lowest BCUT2D eigenvalue weighted by Gasteiger charge is -2.30. The summed E-state index contributed by atoms with van der Waals surface area (Å²) in [6.07, 6.45) is 0. The van der Waals surface area contributed by atoms with Gasteiger partial charge in [0.25, 0.3) is 11.9 Å². The van der Waals surface area contributed by atoms with Crippen LogP contribution in [-0.4, -0.2) is 42.0 Å². The van der Waals surface area contributed by atoms with Crippen molar-refractivity contribution in [2.75, 3.05) is 25.5 Å². The van der Waals surface area contributed by atoms with Gasteiger partial charge in [-0.25, -0.2) is 0 Å². The van der Waals surface area contributed by atoms with Crippen molar-refractivity contribution in [3.8, 4) is 5.75 Å². The number of likely N-dealkylation sites (tertiary alicyclic amines) is 1. The third-order valence-corrected chi connectivity index (χ3v) is 6.34. The summed E-state index contributed by atoms with van der Waals surface area (Å²) in [7, 11) is 1.73. The molecule has 152 valence electrons. The smallest absolute Gasteiger partial charge is 0.256 e. The van der Waals surface area contributed by atoms with E-state index in [9.17, 15) is 14.9 Å². The van der Waals surface area contributed by atoms with Crippen LogP contribution in [0.15, 0.2) is 36.4 Å². The Hall–Kier alpha value is -2.35. The fraction of sp³-hybridized carbons (Fsp3) is 0.350. The van der Waals surface area contributed by atoms with Gasteiger partial charge in [-0.2, -0.15) is 0 Å². The van der Waals surface area contributed by atoms with Crippen LogP contribution < -0.4 is 10.1 Å². The maximum absolute atomic E-state index is 13.1. The lowest BCUT2D eigenvalue weighted by molar-refractivity contribution is -0.534. The van der Waals surface area contributed by atoms with Crippen molar-refractivity contribution in [2.24, 2.45) is 0 Å². The van der Waals surface area contributed by atoms with Crippen LogP contribution >= 0.6 is 23.2 Å². The topological polar surface area (TPSA) is 84.7 Å². The molecule has 0 unspecified atom stereocenters. The van der Waals surface area contributed by atoms with E-state index in [-0.39, 0.29) is 15.0 Å². The summed E-state index contributed by atoms with van der Waals surface area (Å²) >= 11 is 12.7. The number of carbonyl (C=O) groups excluding carboxylic acids is 1. The minimum Gasteiger partial charge on any atom is -0.491 e. The van der Waals surface area contributed by atoms with Crippen LogP contribution in [0, 0.1) is 10.1 Å². The van der Waals surface area contributed by atoms with Gasteiger partial charge in [-0.1, -0.05) is 41.4 Å². The van der Waals surface area contributed by atoms with Crippen LogP contribution in [0.4, 0.5) is 5.69 Å². The highest BCUT2D eigenvalue weighted by atomic mass is 35.5. The molecule has 0 aliphatic carbocycles. The van der Waals surface area contributed by atoms with E-state index in [4.69, 9.17) is 27.9 Å². The molecule has 1 saturated heterocycles. The summed E-state index contributed by atoms with van der Waals surface area (Å²) in [5.74, 6) is -0.631. The Morgan fingerprint density at radius 2 is 1.97 bits per heavy atom. The van der Waals surface area contributed by atoms with Gasteiger partial charge in [-0.15, -0.1) is 0 Å². The number of para-hydroxylation sites is 1. The van der Waals surface area contributed by atoms with Gasteiger partial charge in [-0.05, 0) is 37.7 Å². The molecule has 2 aromatic rings. The number of benzene rings is 2. The summed E-state index contributed by atoms with van der Waals surface area (Å²) < 4.78 is 5.47. The number of nitro groups is 1. The average Bonchev–Trinajstić information content (AvgIpc) is 3.14. The average molecular weight is 436 g/mol. The summed E-state index contributed by atoms with van der Waals surface area (Å²) in [5.41, 5.74) is 0.410. The standard InChI is InChI=1S/C20H19Cl2N3O4/c1-3-29-17-14(21)8-11(9-15(17)22)12-10-24(2)20(18(12)25(27)28)13-6-4-5-7-16(13)23-19(20)26/h4-9,12,18H,3,10H2,1-2H3,(H,23,26)/t12-,18+,20-/m0/s1. The van der Waals surface area contributed by atoms with Crippen molar-refractivity contribution >= 4 is 34.8 Å². The fourth-order valence-electron chi connectivity index (χ4n) is 4.66. The van der Waals surface area contributed by atoms with Crippen LogP contribution in [-0.2, 0) is 10.3 Å². The van der Waals surface area contributed by atoms with E-state index < -0.39 is 23.4 Å². The number of likely N-dealkylation sites (N-methyl/N-ethyl adjacent to an activating group) is 1. The van der Waals surface area contributed by atoms with Gasteiger partial charge >= 0.3 is 0 Å². The molecule has 1 spiro atoms. The monoisotopic (exact) mass is 435 g/mol. The zero-order chi connectivity index (χ0) is 20.9. The van der Waals surface area contributed by atoms with Gasteiger partial charge in [0.05, 0.1) is 22.6 Å². The Morgan fingerprint density at radius 3 is 2.59 bits per heavy atom. The summed E-state index contributed by atoms with van der Waals surface area (Å²) in [5, 5.41) is 15.7. The van der Waals surface area contributed by atoms with Gasteiger partial charge < -0.3 is 10.1 Å². The van der Waals surface area contributed by atoms with Crippen molar-refractivity contribution in [1.29, 1.82) is 0 Å². The zero-order valence-corrected chi connectivity index (χ0v) is 17.3. The molecule has 1 N–H and O–H groups in total. The minimum atomic E-state index is -1.40. The maximum atomic E-state index is 13.1. The molecule has 4 rings (SSSR count). The summed E-state index contributed by atoms with van der Waals surface area (Å²) in [6.45, 7) is 2.51. The van der Waals surface area contributed by atoms with Crippen molar-refractivity contribution in [3.05, 3.63) is 67.7 Å². The van der Waals surface area contributed by atoms with E-state index in [0.717, 1.165) is 0 Å². The number of nitrogens with zero attached hydrogens (tertiary/aromatic N) is 2. The summed E-state index contributed by atoms with van der Waals surface area (Å²) in [4.78, 5) is 26.8. The Balaban J connectivity index is 1.86. The van der Waals surface area contributed by atoms with E-state index in [0.29, 0.717) is 35.7 Å². The number of rotatable bonds is 4. The Morgan fingerprint density at radius 1 is 1.31 bits per heavy atom. The first-order chi connectivity index (χ1) is 13.8. The van der Waals surface area contributed by atoms with E-state index in [1.807, 2.05) is 6.92 Å². The van der Waals surface area contributed by atoms with Gasteiger partial charge in [-0.3, -0.25) is 19.8 Å². The first-order valence-electron chi connectivity index (χ1n) is 9.19. The minimum absolute atomic E-state index is 0.288. The lowest BCUT2D eigenvalue weighted by atomic mass is 9.79. The number of hydrogen-bond acceptors (Lipinski definition) is 5. The molecule has 2 aliphatic heterocycles. The van der Waals surface area contributed by atoms with Crippen LogP contribution in [0.5, 0.6) is 5.75 Å². The van der Waals surface area contributed by atoms with Crippen molar-refractivity contribution < 1.29 is 14.5 Å². The molecule has 0 saturated carbocycles. The Kier molecular flexibility index (Phi) is 4.93. The second-order valence-electron chi connectivity index (χ2n) is 7.23. The van der Waals surface area contributed by atoms with E-state index in [2.05, 4.69) is 5.32 Å². The highest BCUT2D eigenvalue weighted by Gasteiger charge is 2.68. The first kappa shape index (κ1) is 19.9. The van der Waals surface area contributed by atoms with Crippen LogP contribution in [0.3, 0.4) is 0 Å². The van der Waals surface area contributed by atoms with Crippen LogP contribution in [0.25, 0.3) is 0 Å². The fourth-order valence-corrected chi connectivity index (χ4v) is 5.27. The molecule has 0 aromatic heterocycles. The second kappa shape index (κ2) is 7.16. The predicted molar refractivity (Wildman–Crippen MR) is 111 cm³/mol. The number of hydrogen-bond donors (Lipinski definition) is 1. The van der Waals surface area contributed by atoms with Gasteiger partial charge in [0.1, 0.15) is 0 Å². The molecule has 2 aromatic carbocycles. The molecule has 1 fully saturated rings. The number of nitrogens with one attached hydrogen (secondary N) is 1. The number of ether oxygens (including phenoxy) is 1. The first-order valence-corrected chi connectivity index (χ1v) is 9.95. The molecule has 1 amide bonds. The Labute approximate surface area is 177 Å². The molecule has 0 radical (unpaired) electrons. The summed E-state index contributed by atoms with van der Waals surface area (Å²) in [6, 6.07) is 9.17. The zero-order valence-electron chi connectivity index (χ0n) is 15.8. The third kappa shape index (κ3) is 2.79. The molecule has 3 atom stereocenters. The molecule has 7 nitrogen and oxygen atoms in total. The molecule has 0 bridgehead atoms. The van der Waals surface area contributed by atoms with Crippen LogP contribution in [0.2, 0.25) is 10.0 Å². The third-order valence-electron chi connectivity index (χ3n) is 5.78. The van der Waals surface area contributed by atoms with Crippen molar-refractivity contribution in [1.82, 2.24) is 4.90 Å². The maximum Gasteiger partial charge on any atom is 0.256 e. The number of halogens is 2. The molecule has 2 aliphatic rings. The van der Waals surface area contributed by atoms with Crippen LogP contribution in [0.1, 0.15) is 24.0 Å². The van der Waals surface area contributed by atoms with Gasteiger partial charge in [0, 0.05) is 22.7 Å².